The zero-order chi connectivity index (χ0) is 10.4. The lowest BCUT2D eigenvalue weighted by atomic mass is 9.62. The van der Waals surface area contributed by atoms with Gasteiger partial charge in [0, 0.05) is 12.8 Å². The third-order valence-corrected chi connectivity index (χ3v) is 4.38. The average Bonchev–Trinajstić information content (AvgIpc) is 2.01. The summed E-state index contributed by atoms with van der Waals surface area (Å²) in [5, 5.41) is 10.2. The highest BCUT2D eigenvalue weighted by Gasteiger charge is 2.63. The van der Waals surface area contributed by atoms with Crippen LogP contribution in [0.15, 0.2) is 0 Å². The average molecular weight is 223 g/mol. The number of thioether (sulfide) groups is 1. The summed E-state index contributed by atoms with van der Waals surface area (Å²) < 4.78 is 25.5. The van der Waals surface area contributed by atoms with Crippen LogP contribution >= 0.6 is 11.8 Å². The summed E-state index contributed by atoms with van der Waals surface area (Å²) in [6, 6.07) is 0. The minimum atomic E-state index is -2.66. The van der Waals surface area contributed by atoms with Gasteiger partial charge in [-0.15, -0.1) is 0 Å². The maximum absolute atomic E-state index is 12.8. The molecule has 0 bridgehead atoms. The van der Waals surface area contributed by atoms with Crippen LogP contribution in [-0.2, 0) is 0 Å². The lowest BCUT2D eigenvalue weighted by molar-refractivity contribution is -0.192. The number of hydrogen-bond acceptors (Lipinski definition) is 3. The standard InChI is InChI=1S/C9H15F2NOS/c10-9(11)5-7(12,6-9)8(13)1-3-14-4-2-8/h13H,1-6,12H2. The van der Waals surface area contributed by atoms with Gasteiger partial charge in [-0.05, 0) is 24.3 Å². The van der Waals surface area contributed by atoms with Crippen LogP contribution in [0.4, 0.5) is 8.78 Å². The number of aliphatic hydroxyl groups is 1. The molecular weight excluding hydrogens is 208 g/mol. The van der Waals surface area contributed by atoms with Crippen LogP contribution in [0.25, 0.3) is 0 Å². The zero-order valence-corrected chi connectivity index (χ0v) is 8.75. The fourth-order valence-electron chi connectivity index (χ4n) is 2.41. The molecule has 0 aromatic rings. The smallest absolute Gasteiger partial charge is 0.251 e. The van der Waals surface area contributed by atoms with Gasteiger partial charge in [0.1, 0.15) is 0 Å². The summed E-state index contributed by atoms with van der Waals surface area (Å²) >= 11 is 1.74. The Morgan fingerprint density at radius 3 is 2.07 bits per heavy atom. The molecule has 0 radical (unpaired) electrons. The van der Waals surface area contributed by atoms with Crippen LogP contribution in [0.2, 0.25) is 0 Å². The maximum Gasteiger partial charge on any atom is 0.251 e. The van der Waals surface area contributed by atoms with E-state index in [1.165, 1.54) is 0 Å². The maximum atomic E-state index is 12.8. The number of alkyl halides is 2. The first-order valence-corrected chi connectivity index (χ1v) is 5.99. The van der Waals surface area contributed by atoms with Crippen molar-refractivity contribution in [2.45, 2.75) is 42.7 Å². The molecule has 2 nitrogen and oxygen atoms in total. The van der Waals surface area contributed by atoms with Crippen LogP contribution in [0, 0.1) is 0 Å². The Kier molecular flexibility index (Phi) is 2.33. The Hall–Kier alpha value is 0.130. The van der Waals surface area contributed by atoms with Crippen molar-refractivity contribution < 1.29 is 13.9 Å². The van der Waals surface area contributed by atoms with E-state index in [0.29, 0.717) is 12.8 Å². The predicted molar refractivity (Wildman–Crippen MR) is 52.6 cm³/mol. The van der Waals surface area contributed by atoms with E-state index in [-0.39, 0.29) is 12.8 Å². The van der Waals surface area contributed by atoms with Gasteiger partial charge in [-0.3, -0.25) is 0 Å². The van der Waals surface area contributed by atoms with Gasteiger partial charge in [-0.25, -0.2) is 8.78 Å². The third kappa shape index (κ3) is 1.55. The molecule has 1 aliphatic carbocycles. The molecular formula is C9H15F2NOS. The van der Waals surface area contributed by atoms with Gasteiger partial charge in [-0.2, -0.15) is 11.8 Å². The summed E-state index contributed by atoms with van der Waals surface area (Å²) in [5.41, 5.74) is 3.75. The topological polar surface area (TPSA) is 46.2 Å². The molecule has 2 rings (SSSR count). The minimum absolute atomic E-state index is 0.360. The van der Waals surface area contributed by atoms with E-state index in [4.69, 9.17) is 5.73 Å². The van der Waals surface area contributed by atoms with Crippen LogP contribution in [0.5, 0.6) is 0 Å². The quantitative estimate of drug-likeness (QED) is 0.706. The van der Waals surface area contributed by atoms with E-state index < -0.39 is 17.1 Å². The molecule has 1 saturated heterocycles. The van der Waals surface area contributed by atoms with Crippen molar-refractivity contribution in [1.82, 2.24) is 0 Å². The van der Waals surface area contributed by atoms with E-state index in [1.807, 2.05) is 0 Å². The molecule has 2 fully saturated rings. The van der Waals surface area contributed by atoms with Gasteiger partial charge >= 0.3 is 0 Å². The van der Waals surface area contributed by atoms with Gasteiger partial charge in [-0.1, -0.05) is 0 Å². The van der Waals surface area contributed by atoms with Crippen LogP contribution in [-0.4, -0.2) is 33.7 Å². The highest BCUT2D eigenvalue weighted by molar-refractivity contribution is 7.99. The summed E-state index contributed by atoms with van der Waals surface area (Å²) in [6.07, 6.45) is 0.372. The third-order valence-electron chi connectivity index (χ3n) is 3.39. The predicted octanol–water partition coefficient (Wildman–Crippen LogP) is 1.37. The van der Waals surface area contributed by atoms with Gasteiger partial charge in [0.15, 0.2) is 0 Å². The van der Waals surface area contributed by atoms with Crippen molar-refractivity contribution in [2.75, 3.05) is 11.5 Å². The SMILES string of the molecule is NC1(C2(O)CCSCC2)CC(F)(F)C1. The number of nitrogens with two attached hydrogens (primary N) is 1. The first-order chi connectivity index (χ1) is 6.37. The van der Waals surface area contributed by atoms with Gasteiger partial charge in [0.25, 0.3) is 5.92 Å². The highest BCUT2D eigenvalue weighted by atomic mass is 32.2. The summed E-state index contributed by atoms with van der Waals surface area (Å²) in [6.45, 7) is 0. The molecule has 0 aromatic heterocycles. The molecule has 14 heavy (non-hydrogen) atoms. The molecule has 2 aliphatic rings. The molecule has 0 unspecified atom stereocenters. The van der Waals surface area contributed by atoms with E-state index >= 15 is 0 Å². The second kappa shape index (κ2) is 3.06. The molecule has 0 aromatic carbocycles. The molecule has 1 heterocycles. The van der Waals surface area contributed by atoms with Crippen LogP contribution in [0.1, 0.15) is 25.7 Å². The Bertz CT molecular complexity index is 233. The Balaban J connectivity index is 2.07. The molecule has 3 N–H and O–H groups in total. The molecule has 0 atom stereocenters. The number of rotatable bonds is 1. The Morgan fingerprint density at radius 2 is 1.64 bits per heavy atom. The van der Waals surface area contributed by atoms with E-state index in [9.17, 15) is 13.9 Å². The fourth-order valence-corrected chi connectivity index (χ4v) is 3.58. The Morgan fingerprint density at radius 1 is 1.14 bits per heavy atom. The largest absolute Gasteiger partial charge is 0.388 e. The zero-order valence-electron chi connectivity index (χ0n) is 7.93. The highest BCUT2D eigenvalue weighted by Crippen LogP contribution is 2.52. The lowest BCUT2D eigenvalue weighted by Gasteiger charge is -2.55. The van der Waals surface area contributed by atoms with Crippen molar-refractivity contribution >= 4 is 11.8 Å². The summed E-state index contributed by atoms with van der Waals surface area (Å²) in [4.78, 5) is 0. The minimum Gasteiger partial charge on any atom is -0.388 e. The van der Waals surface area contributed by atoms with E-state index in [1.54, 1.807) is 11.8 Å². The molecule has 0 spiro atoms. The van der Waals surface area contributed by atoms with Crippen molar-refractivity contribution in [3.8, 4) is 0 Å². The van der Waals surface area contributed by atoms with Gasteiger partial charge in [0.05, 0.1) is 11.1 Å². The second-order valence-electron chi connectivity index (χ2n) is 4.51. The second-order valence-corrected chi connectivity index (χ2v) is 5.73. The molecule has 1 saturated carbocycles. The lowest BCUT2D eigenvalue weighted by Crippen LogP contribution is -2.71. The molecule has 82 valence electrons. The normalized spacial score (nSPS) is 33.4. The van der Waals surface area contributed by atoms with E-state index in [0.717, 1.165) is 11.5 Å². The van der Waals surface area contributed by atoms with Crippen molar-refractivity contribution in [2.24, 2.45) is 5.73 Å². The van der Waals surface area contributed by atoms with Gasteiger partial charge in [0.2, 0.25) is 0 Å². The van der Waals surface area contributed by atoms with Crippen molar-refractivity contribution in [3.05, 3.63) is 0 Å². The van der Waals surface area contributed by atoms with Crippen LogP contribution in [0.3, 0.4) is 0 Å². The summed E-state index contributed by atoms with van der Waals surface area (Å²) in [7, 11) is 0. The van der Waals surface area contributed by atoms with Crippen molar-refractivity contribution in [3.63, 3.8) is 0 Å². The first kappa shape index (κ1) is 10.6. The molecule has 0 amide bonds. The fraction of sp³-hybridized carbons (Fsp3) is 1.00. The van der Waals surface area contributed by atoms with Gasteiger partial charge < -0.3 is 10.8 Å². The summed E-state index contributed by atoms with van der Waals surface area (Å²) in [5.74, 6) is -1.02. The number of hydrogen-bond donors (Lipinski definition) is 2. The molecule has 1 aliphatic heterocycles. The van der Waals surface area contributed by atoms with Crippen LogP contribution < -0.4 is 5.73 Å². The van der Waals surface area contributed by atoms with Crippen molar-refractivity contribution in [1.29, 1.82) is 0 Å². The monoisotopic (exact) mass is 223 g/mol. The van der Waals surface area contributed by atoms with E-state index in [2.05, 4.69) is 0 Å². The number of halogens is 2. The first-order valence-electron chi connectivity index (χ1n) is 4.84. The molecule has 5 heteroatoms. The Labute approximate surface area is 86.2 Å².